The van der Waals surface area contributed by atoms with Crippen LogP contribution in [0.2, 0.25) is 0 Å². The lowest BCUT2D eigenvalue weighted by molar-refractivity contribution is 0.103. The number of nitrogens with one attached hydrogen (secondary N) is 1. The Hall–Kier alpha value is -2.52. The SMILES string of the molecule is N#C/C(=C\Nc1ncccn1)C(=O)c1ccc(Br)cc1. The first kappa shape index (κ1) is 13.9. The van der Waals surface area contributed by atoms with Crippen LogP contribution in [0.25, 0.3) is 0 Å². The van der Waals surface area contributed by atoms with Gasteiger partial charge in [-0.1, -0.05) is 15.9 Å². The van der Waals surface area contributed by atoms with E-state index in [1.807, 2.05) is 6.07 Å². The molecule has 2 rings (SSSR count). The van der Waals surface area contributed by atoms with Gasteiger partial charge in [0.2, 0.25) is 11.7 Å². The second-order valence-corrected chi connectivity index (χ2v) is 4.64. The maximum atomic E-state index is 12.1. The average Bonchev–Trinajstić information content (AvgIpc) is 2.49. The molecule has 0 saturated heterocycles. The van der Waals surface area contributed by atoms with Gasteiger partial charge >= 0.3 is 0 Å². The van der Waals surface area contributed by atoms with Gasteiger partial charge in [-0.25, -0.2) is 9.97 Å². The number of allylic oxidation sites excluding steroid dienone is 1. The Balaban J connectivity index is 2.18. The quantitative estimate of drug-likeness (QED) is 0.530. The third-order valence-corrected chi connectivity index (χ3v) is 2.91. The van der Waals surface area contributed by atoms with Crippen LogP contribution >= 0.6 is 15.9 Å². The molecule has 0 saturated carbocycles. The highest BCUT2D eigenvalue weighted by atomic mass is 79.9. The van der Waals surface area contributed by atoms with E-state index in [2.05, 4.69) is 31.2 Å². The van der Waals surface area contributed by atoms with Crippen molar-refractivity contribution in [3.8, 4) is 6.07 Å². The number of Topliss-reactive ketones (excluding diaryl/α,β-unsaturated/α-hetero) is 1. The molecule has 0 atom stereocenters. The Morgan fingerprint density at radius 3 is 2.50 bits per heavy atom. The zero-order valence-electron chi connectivity index (χ0n) is 10.2. The number of ketones is 1. The zero-order chi connectivity index (χ0) is 14.4. The van der Waals surface area contributed by atoms with E-state index in [0.717, 1.165) is 4.47 Å². The van der Waals surface area contributed by atoms with Gasteiger partial charge in [-0.05, 0) is 30.3 Å². The smallest absolute Gasteiger partial charge is 0.226 e. The van der Waals surface area contributed by atoms with Crippen LogP contribution in [-0.4, -0.2) is 15.8 Å². The molecule has 0 spiro atoms. The number of halogens is 1. The highest BCUT2D eigenvalue weighted by Gasteiger charge is 2.11. The molecule has 5 nitrogen and oxygen atoms in total. The van der Waals surface area contributed by atoms with Crippen molar-refractivity contribution >= 4 is 27.7 Å². The zero-order valence-corrected chi connectivity index (χ0v) is 11.8. The van der Waals surface area contributed by atoms with Crippen molar-refractivity contribution in [2.45, 2.75) is 0 Å². The Morgan fingerprint density at radius 2 is 1.90 bits per heavy atom. The Labute approximate surface area is 124 Å². The fourth-order valence-corrected chi connectivity index (χ4v) is 1.68. The van der Waals surface area contributed by atoms with Crippen LogP contribution in [0.1, 0.15) is 10.4 Å². The topological polar surface area (TPSA) is 78.7 Å². The normalized spacial score (nSPS) is 10.7. The van der Waals surface area contributed by atoms with Gasteiger partial charge in [-0.2, -0.15) is 5.26 Å². The van der Waals surface area contributed by atoms with Gasteiger partial charge in [0.15, 0.2) is 0 Å². The highest BCUT2D eigenvalue weighted by molar-refractivity contribution is 9.10. The van der Waals surface area contributed by atoms with Gasteiger partial charge in [0.05, 0.1) is 0 Å². The standard InChI is InChI=1S/C14H9BrN4O/c15-12-4-2-10(3-5-12)13(20)11(8-16)9-19-14-17-6-1-7-18-14/h1-7,9H,(H,17,18,19)/b11-9+. The largest absolute Gasteiger partial charge is 0.329 e. The molecule has 0 bridgehead atoms. The van der Waals surface area contributed by atoms with Crippen LogP contribution in [0.15, 0.2) is 59.0 Å². The molecular weight excluding hydrogens is 320 g/mol. The molecule has 98 valence electrons. The first-order chi connectivity index (χ1) is 9.70. The molecule has 0 aliphatic carbocycles. The molecule has 1 N–H and O–H groups in total. The number of aromatic nitrogens is 2. The number of carbonyl (C=O) groups excluding carboxylic acids is 1. The van der Waals surface area contributed by atoms with Gasteiger partial charge in [-0.3, -0.25) is 4.79 Å². The van der Waals surface area contributed by atoms with Gasteiger partial charge in [0, 0.05) is 28.6 Å². The summed E-state index contributed by atoms with van der Waals surface area (Å²) in [6, 6.07) is 10.3. The number of nitriles is 1. The van der Waals surface area contributed by atoms with E-state index >= 15 is 0 Å². The van der Waals surface area contributed by atoms with E-state index in [4.69, 9.17) is 5.26 Å². The molecule has 6 heteroatoms. The Morgan fingerprint density at radius 1 is 1.25 bits per heavy atom. The maximum Gasteiger partial charge on any atom is 0.226 e. The number of nitrogens with zero attached hydrogens (tertiary/aromatic N) is 3. The van der Waals surface area contributed by atoms with Crippen LogP contribution in [0.4, 0.5) is 5.95 Å². The highest BCUT2D eigenvalue weighted by Crippen LogP contribution is 2.13. The summed E-state index contributed by atoms with van der Waals surface area (Å²) in [6.07, 6.45) is 4.43. The minimum absolute atomic E-state index is 0.0141. The maximum absolute atomic E-state index is 12.1. The first-order valence-corrected chi connectivity index (χ1v) is 6.44. The van der Waals surface area contributed by atoms with Gasteiger partial charge in [0.1, 0.15) is 11.6 Å². The van der Waals surface area contributed by atoms with Crippen molar-refractivity contribution in [3.63, 3.8) is 0 Å². The molecule has 1 heterocycles. The third-order valence-electron chi connectivity index (χ3n) is 2.38. The molecule has 0 aliphatic heterocycles. The summed E-state index contributed by atoms with van der Waals surface area (Å²) < 4.78 is 0.868. The Kier molecular flexibility index (Phi) is 4.58. The minimum Gasteiger partial charge on any atom is -0.329 e. The van der Waals surface area contributed by atoms with Crippen molar-refractivity contribution < 1.29 is 4.79 Å². The van der Waals surface area contributed by atoms with E-state index in [1.165, 1.54) is 6.20 Å². The molecule has 1 aromatic carbocycles. The van der Waals surface area contributed by atoms with E-state index < -0.39 is 0 Å². The summed E-state index contributed by atoms with van der Waals surface area (Å²) in [4.78, 5) is 20.0. The van der Waals surface area contributed by atoms with Crippen LogP contribution < -0.4 is 5.32 Å². The summed E-state index contributed by atoms with van der Waals surface area (Å²) in [7, 11) is 0. The first-order valence-electron chi connectivity index (χ1n) is 5.65. The molecule has 0 amide bonds. The van der Waals surface area contributed by atoms with Crippen LogP contribution in [-0.2, 0) is 0 Å². The third kappa shape index (κ3) is 3.49. The van der Waals surface area contributed by atoms with E-state index in [-0.39, 0.29) is 11.4 Å². The average molecular weight is 329 g/mol. The number of hydrogen-bond acceptors (Lipinski definition) is 5. The predicted octanol–water partition coefficient (Wildman–Crippen LogP) is 2.94. The van der Waals surface area contributed by atoms with E-state index in [1.54, 1.807) is 42.7 Å². The minimum atomic E-state index is -0.358. The van der Waals surface area contributed by atoms with E-state index in [9.17, 15) is 4.79 Å². The monoisotopic (exact) mass is 328 g/mol. The van der Waals surface area contributed by atoms with Gasteiger partial charge in [0.25, 0.3) is 0 Å². The van der Waals surface area contributed by atoms with Crippen LogP contribution in [0.5, 0.6) is 0 Å². The summed E-state index contributed by atoms with van der Waals surface area (Å²) >= 11 is 3.29. The number of rotatable bonds is 4. The molecular formula is C14H9BrN4O. The van der Waals surface area contributed by atoms with E-state index in [0.29, 0.717) is 11.5 Å². The molecule has 2 aromatic rings. The number of hydrogen-bond donors (Lipinski definition) is 1. The number of benzene rings is 1. The summed E-state index contributed by atoms with van der Waals surface area (Å²) in [5.74, 6) is -0.0349. The van der Waals surface area contributed by atoms with Crippen molar-refractivity contribution in [2.75, 3.05) is 5.32 Å². The van der Waals surface area contributed by atoms with Gasteiger partial charge < -0.3 is 5.32 Å². The lowest BCUT2D eigenvalue weighted by Gasteiger charge is -2.01. The number of anilines is 1. The summed E-state index contributed by atoms with van der Waals surface area (Å²) in [5.41, 5.74) is 0.427. The molecule has 0 fully saturated rings. The lowest BCUT2D eigenvalue weighted by Crippen LogP contribution is -2.05. The van der Waals surface area contributed by atoms with Crippen LogP contribution in [0, 0.1) is 11.3 Å². The summed E-state index contributed by atoms with van der Waals surface area (Å²) in [5, 5.41) is 11.8. The fourth-order valence-electron chi connectivity index (χ4n) is 1.42. The van der Waals surface area contributed by atoms with Crippen LogP contribution in [0.3, 0.4) is 0 Å². The molecule has 1 aromatic heterocycles. The second kappa shape index (κ2) is 6.59. The van der Waals surface area contributed by atoms with Crippen molar-refractivity contribution in [1.82, 2.24) is 9.97 Å². The second-order valence-electron chi connectivity index (χ2n) is 3.72. The molecule has 0 aliphatic rings. The summed E-state index contributed by atoms with van der Waals surface area (Å²) in [6.45, 7) is 0. The van der Waals surface area contributed by atoms with Crippen molar-refractivity contribution in [3.05, 3.63) is 64.5 Å². The Bertz CT molecular complexity index is 675. The van der Waals surface area contributed by atoms with Crippen molar-refractivity contribution in [1.29, 1.82) is 5.26 Å². The predicted molar refractivity (Wildman–Crippen MR) is 77.8 cm³/mol. The molecule has 0 unspecified atom stereocenters. The van der Waals surface area contributed by atoms with Crippen molar-refractivity contribution in [2.24, 2.45) is 0 Å². The fraction of sp³-hybridized carbons (Fsp3) is 0. The van der Waals surface area contributed by atoms with Gasteiger partial charge in [-0.15, -0.1) is 0 Å². The molecule has 20 heavy (non-hydrogen) atoms. The molecule has 0 radical (unpaired) electrons. The lowest BCUT2D eigenvalue weighted by atomic mass is 10.1. The number of carbonyl (C=O) groups is 1.